The zero-order chi connectivity index (χ0) is 14.2. The molecular weight excluding hydrogens is 256 g/mol. The third-order valence-corrected chi connectivity index (χ3v) is 4.29. The average molecular weight is 274 g/mol. The Kier molecular flexibility index (Phi) is 3.16. The number of nitrogens with zero attached hydrogens (tertiary/aromatic N) is 3. The molecule has 2 fully saturated rings. The fraction of sp³-hybridized carbons (Fsp3) is 0.571. The monoisotopic (exact) mass is 274 g/mol. The lowest BCUT2D eigenvalue weighted by atomic mass is 9.78. The Morgan fingerprint density at radius 3 is 2.50 bits per heavy atom. The van der Waals surface area contributed by atoms with Crippen LogP contribution in [0.4, 0.5) is 5.69 Å². The predicted octanol–water partition coefficient (Wildman–Crippen LogP) is 1.03. The lowest BCUT2D eigenvalue weighted by Gasteiger charge is -2.46. The third kappa shape index (κ3) is 1.95. The van der Waals surface area contributed by atoms with Crippen molar-refractivity contribution < 1.29 is 9.59 Å². The van der Waals surface area contributed by atoms with Crippen molar-refractivity contribution in [3.05, 3.63) is 18.7 Å². The second kappa shape index (κ2) is 4.85. The number of aromatic nitrogens is 2. The van der Waals surface area contributed by atoms with Gasteiger partial charge in [-0.15, -0.1) is 0 Å². The van der Waals surface area contributed by atoms with E-state index < -0.39 is 11.6 Å². The van der Waals surface area contributed by atoms with Crippen LogP contribution in [0.15, 0.2) is 18.7 Å². The molecular formula is C14H18N4O2. The first-order chi connectivity index (χ1) is 9.64. The van der Waals surface area contributed by atoms with Crippen molar-refractivity contribution >= 4 is 17.5 Å². The van der Waals surface area contributed by atoms with Crippen LogP contribution in [-0.4, -0.2) is 33.4 Å². The molecule has 1 aromatic heterocycles. The van der Waals surface area contributed by atoms with Crippen molar-refractivity contribution in [2.45, 2.75) is 50.6 Å². The maximum atomic E-state index is 12.9. The number of carbonyl (C=O) groups excluding carboxylic acids is 2. The minimum Gasteiger partial charge on any atom is -0.340 e. The number of carbonyl (C=O) groups is 2. The second-order valence-corrected chi connectivity index (χ2v) is 5.58. The van der Waals surface area contributed by atoms with E-state index in [1.165, 1.54) is 6.33 Å². The molecule has 0 bridgehead atoms. The van der Waals surface area contributed by atoms with E-state index in [9.17, 15) is 9.59 Å². The van der Waals surface area contributed by atoms with Gasteiger partial charge in [0.25, 0.3) is 5.91 Å². The summed E-state index contributed by atoms with van der Waals surface area (Å²) in [6.45, 7) is 1.73. The summed E-state index contributed by atoms with van der Waals surface area (Å²) in [6.07, 6.45) is 9.07. The van der Waals surface area contributed by atoms with Gasteiger partial charge in [-0.05, 0) is 19.8 Å². The van der Waals surface area contributed by atoms with E-state index >= 15 is 0 Å². The molecule has 0 aromatic carbocycles. The van der Waals surface area contributed by atoms with Gasteiger partial charge in [0.15, 0.2) is 0 Å². The Balaban J connectivity index is 1.99. The summed E-state index contributed by atoms with van der Waals surface area (Å²) >= 11 is 0. The van der Waals surface area contributed by atoms with Gasteiger partial charge in [-0.2, -0.15) is 0 Å². The highest BCUT2D eigenvalue weighted by Crippen LogP contribution is 2.34. The molecule has 1 saturated heterocycles. The Morgan fingerprint density at radius 2 is 1.85 bits per heavy atom. The SMILES string of the molecule is CC1C(=O)NC2(CCCCC2)C(=O)N1c1cncnc1. The number of nitrogens with one attached hydrogen (secondary N) is 1. The molecule has 2 aliphatic rings. The molecule has 3 rings (SSSR count). The van der Waals surface area contributed by atoms with Crippen molar-refractivity contribution in [1.29, 1.82) is 0 Å². The second-order valence-electron chi connectivity index (χ2n) is 5.58. The molecule has 106 valence electrons. The van der Waals surface area contributed by atoms with Crippen LogP contribution < -0.4 is 10.2 Å². The normalized spacial score (nSPS) is 25.6. The van der Waals surface area contributed by atoms with Crippen molar-refractivity contribution in [3.63, 3.8) is 0 Å². The quantitative estimate of drug-likeness (QED) is 0.830. The Hall–Kier alpha value is -1.98. The van der Waals surface area contributed by atoms with Gasteiger partial charge in [0.1, 0.15) is 17.9 Å². The van der Waals surface area contributed by atoms with E-state index in [1.54, 1.807) is 24.2 Å². The minimum absolute atomic E-state index is 0.0286. The lowest BCUT2D eigenvalue weighted by molar-refractivity contribution is -0.139. The summed E-state index contributed by atoms with van der Waals surface area (Å²) in [6, 6.07) is -0.527. The highest BCUT2D eigenvalue weighted by Gasteiger charge is 2.50. The molecule has 1 spiro atoms. The molecule has 1 aromatic rings. The minimum atomic E-state index is -0.725. The van der Waals surface area contributed by atoms with Crippen LogP contribution >= 0.6 is 0 Å². The molecule has 6 nitrogen and oxygen atoms in total. The predicted molar refractivity (Wildman–Crippen MR) is 72.9 cm³/mol. The molecule has 1 atom stereocenters. The van der Waals surface area contributed by atoms with Crippen LogP contribution in [0, 0.1) is 0 Å². The third-order valence-electron chi connectivity index (χ3n) is 4.29. The number of amides is 2. The number of hydrogen-bond donors (Lipinski definition) is 1. The van der Waals surface area contributed by atoms with E-state index in [0.717, 1.165) is 19.3 Å². The zero-order valence-electron chi connectivity index (χ0n) is 11.5. The van der Waals surface area contributed by atoms with Gasteiger partial charge >= 0.3 is 0 Å². The standard InChI is InChI=1S/C14H18N4O2/c1-10-12(19)17-14(5-3-2-4-6-14)13(20)18(10)11-7-15-9-16-8-11/h7-10H,2-6H2,1H3,(H,17,19). The average Bonchev–Trinajstić information content (AvgIpc) is 2.48. The van der Waals surface area contributed by atoms with Crippen LogP contribution in [0.5, 0.6) is 0 Å². The van der Waals surface area contributed by atoms with E-state index in [0.29, 0.717) is 18.5 Å². The maximum Gasteiger partial charge on any atom is 0.253 e. The van der Waals surface area contributed by atoms with Crippen molar-refractivity contribution in [3.8, 4) is 0 Å². The fourth-order valence-electron chi connectivity index (χ4n) is 3.17. The summed E-state index contributed by atoms with van der Waals surface area (Å²) < 4.78 is 0. The summed E-state index contributed by atoms with van der Waals surface area (Å²) in [5, 5.41) is 2.96. The van der Waals surface area contributed by atoms with E-state index in [4.69, 9.17) is 0 Å². The van der Waals surface area contributed by atoms with Crippen molar-refractivity contribution in [2.75, 3.05) is 4.90 Å². The molecule has 0 radical (unpaired) electrons. The van der Waals surface area contributed by atoms with E-state index in [-0.39, 0.29) is 11.8 Å². The van der Waals surface area contributed by atoms with Crippen LogP contribution in [0.1, 0.15) is 39.0 Å². The molecule has 1 unspecified atom stereocenters. The Bertz CT molecular complexity index is 525. The van der Waals surface area contributed by atoms with Gasteiger partial charge in [0.05, 0.1) is 18.1 Å². The van der Waals surface area contributed by atoms with Crippen molar-refractivity contribution in [2.24, 2.45) is 0 Å². The van der Waals surface area contributed by atoms with Gasteiger partial charge in [-0.1, -0.05) is 19.3 Å². The molecule has 6 heteroatoms. The van der Waals surface area contributed by atoms with E-state index in [2.05, 4.69) is 15.3 Å². The molecule has 20 heavy (non-hydrogen) atoms. The van der Waals surface area contributed by atoms with Gasteiger partial charge in [-0.3, -0.25) is 14.5 Å². The Labute approximate surface area is 117 Å². The number of piperazine rings is 1. The largest absolute Gasteiger partial charge is 0.340 e. The summed E-state index contributed by atoms with van der Waals surface area (Å²) in [7, 11) is 0. The fourth-order valence-corrected chi connectivity index (χ4v) is 3.17. The van der Waals surface area contributed by atoms with Crippen molar-refractivity contribution in [1.82, 2.24) is 15.3 Å². The molecule has 1 N–H and O–H groups in total. The zero-order valence-corrected chi connectivity index (χ0v) is 11.5. The molecule has 2 amide bonds. The first-order valence-electron chi connectivity index (χ1n) is 7.05. The molecule has 1 saturated carbocycles. The summed E-state index contributed by atoms with van der Waals surface area (Å²) in [5.41, 5.74) is -0.137. The maximum absolute atomic E-state index is 12.9. The first kappa shape index (κ1) is 13.0. The number of rotatable bonds is 1. The van der Waals surface area contributed by atoms with Crippen LogP contribution in [0.2, 0.25) is 0 Å². The van der Waals surface area contributed by atoms with Crippen LogP contribution in [0.3, 0.4) is 0 Å². The summed E-state index contributed by atoms with van der Waals surface area (Å²) in [5.74, 6) is -0.130. The van der Waals surface area contributed by atoms with Crippen LogP contribution in [-0.2, 0) is 9.59 Å². The number of hydrogen-bond acceptors (Lipinski definition) is 4. The smallest absolute Gasteiger partial charge is 0.253 e. The van der Waals surface area contributed by atoms with Gasteiger partial charge in [-0.25, -0.2) is 9.97 Å². The molecule has 1 aliphatic carbocycles. The Morgan fingerprint density at radius 1 is 1.20 bits per heavy atom. The highest BCUT2D eigenvalue weighted by molar-refractivity contribution is 6.10. The first-order valence-corrected chi connectivity index (χ1v) is 7.05. The summed E-state index contributed by atoms with van der Waals surface area (Å²) in [4.78, 5) is 34.6. The number of anilines is 1. The molecule has 1 aliphatic heterocycles. The van der Waals surface area contributed by atoms with Crippen LogP contribution in [0.25, 0.3) is 0 Å². The van der Waals surface area contributed by atoms with Gasteiger partial charge in [0.2, 0.25) is 5.91 Å². The van der Waals surface area contributed by atoms with Gasteiger partial charge in [0, 0.05) is 0 Å². The van der Waals surface area contributed by atoms with E-state index in [1.807, 2.05) is 0 Å². The molecule has 2 heterocycles. The highest BCUT2D eigenvalue weighted by atomic mass is 16.2. The topological polar surface area (TPSA) is 75.2 Å². The van der Waals surface area contributed by atoms with Gasteiger partial charge < -0.3 is 5.32 Å². The lowest BCUT2D eigenvalue weighted by Crippen LogP contribution is -2.70.